The van der Waals surface area contributed by atoms with E-state index < -0.39 is 41.4 Å². The van der Waals surface area contributed by atoms with Crippen LogP contribution in [0.5, 0.6) is 0 Å². The van der Waals surface area contributed by atoms with Gasteiger partial charge in [-0.15, -0.1) is 6.58 Å². The van der Waals surface area contributed by atoms with Gasteiger partial charge < -0.3 is 10.0 Å². The van der Waals surface area contributed by atoms with Gasteiger partial charge in [0.15, 0.2) is 17.5 Å². The molecule has 7 heteroatoms. The van der Waals surface area contributed by atoms with Crippen molar-refractivity contribution in [1.82, 2.24) is 4.90 Å². The van der Waals surface area contributed by atoms with E-state index >= 15 is 0 Å². The average Bonchev–Trinajstić information content (AvgIpc) is 2.51. The Balaban J connectivity index is 2.46. The van der Waals surface area contributed by atoms with Crippen LogP contribution in [0.4, 0.5) is 13.2 Å². The van der Waals surface area contributed by atoms with E-state index in [1.165, 1.54) is 6.08 Å². The number of benzene rings is 1. The minimum absolute atomic E-state index is 0.0461. The Morgan fingerprint density at radius 2 is 1.87 bits per heavy atom. The normalized spacial score (nSPS) is 21.1. The van der Waals surface area contributed by atoms with E-state index in [1.54, 1.807) is 0 Å². The third-order valence-corrected chi connectivity index (χ3v) is 3.91. The van der Waals surface area contributed by atoms with E-state index in [9.17, 15) is 27.9 Å². The van der Waals surface area contributed by atoms with Gasteiger partial charge in [-0.25, -0.2) is 18.0 Å². The van der Waals surface area contributed by atoms with Crippen molar-refractivity contribution >= 4 is 11.9 Å². The molecule has 1 aromatic carbocycles. The fourth-order valence-electron chi connectivity index (χ4n) is 2.91. The van der Waals surface area contributed by atoms with E-state index in [0.717, 1.165) is 17.0 Å². The Morgan fingerprint density at radius 1 is 1.26 bits per heavy atom. The van der Waals surface area contributed by atoms with Crippen molar-refractivity contribution in [3.8, 4) is 0 Å². The Morgan fingerprint density at radius 3 is 2.39 bits per heavy atom. The van der Waals surface area contributed by atoms with Gasteiger partial charge in [0.1, 0.15) is 6.04 Å². The number of carboxylic acids is 1. The maximum absolute atomic E-state index is 13.5. The van der Waals surface area contributed by atoms with Crippen molar-refractivity contribution in [3.05, 3.63) is 47.8 Å². The second-order valence-corrected chi connectivity index (χ2v) is 5.39. The number of piperidine rings is 1. The molecule has 1 N–H and O–H groups in total. The first-order valence-electron chi connectivity index (χ1n) is 7.16. The van der Waals surface area contributed by atoms with Gasteiger partial charge in [-0.2, -0.15) is 0 Å². The van der Waals surface area contributed by atoms with Crippen LogP contribution in [0.2, 0.25) is 0 Å². The number of hydrogen-bond acceptors (Lipinski definition) is 2. The summed E-state index contributed by atoms with van der Waals surface area (Å²) >= 11 is 0. The molecule has 0 radical (unpaired) electrons. The average molecular weight is 327 g/mol. The number of nitrogens with zero attached hydrogens (tertiary/aromatic N) is 1. The predicted molar refractivity (Wildman–Crippen MR) is 76.0 cm³/mol. The smallest absolute Gasteiger partial charge is 0.326 e. The zero-order valence-corrected chi connectivity index (χ0v) is 12.3. The fourth-order valence-corrected chi connectivity index (χ4v) is 2.91. The molecule has 1 saturated heterocycles. The number of carbonyl (C=O) groups is 2. The molecule has 1 fully saturated rings. The van der Waals surface area contributed by atoms with Crippen LogP contribution >= 0.6 is 0 Å². The molecule has 1 aromatic rings. The van der Waals surface area contributed by atoms with Gasteiger partial charge in [0.2, 0.25) is 5.91 Å². The highest BCUT2D eigenvalue weighted by molar-refractivity contribution is 5.85. The molecule has 1 aliphatic rings. The first-order chi connectivity index (χ1) is 10.9. The summed E-state index contributed by atoms with van der Waals surface area (Å²) < 4.78 is 40.1. The van der Waals surface area contributed by atoms with Gasteiger partial charge in [0.05, 0.1) is 6.04 Å². The van der Waals surface area contributed by atoms with E-state index in [4.69, 9.17) is 0 Å². The lowest BCUT2D eigenvalue weighted by Gasteiger charge is -2.40. The summed E-state index contributed by atoms with van der Waals surface area (Å²) in [4.78, 5) is 24.8. The lowest BCUT2D eigenvalue weighted by Crippen LogP contribution is -2.49. The van der Waals surface area contributed by atoms with Gasteiger partial charge in [-0.05, 0) is 37.0 Å². The number of aliphatic carboxylic acids is 1. The molecule has 124 valence electrons. The van der Waals surface area contributed by atoms with Gasteiger partial charge >= 0.3 is 5.97 Å². The Hall–Kier alpha value is -2.31. The number of hydrogen-bond donors (Lipinski definition) is 1. The van der Waals surface area contributed by atoms with E-state index in [2.05, 4.69) is 6.58 Å². The molecule has 0 aromatic heterocycles. The lowest BCUT2D eigenvalue weighted by molar-refractivity contribution is -0.154. The Labute approximate surface area is 131 Å². The molecule has 0 bridgehead atoms. The maximum atomic E-state index is 13.5. The molecular formula is C16H16F3NO3. The molecular weight excluding hydrogens is 311 g/mol. The van der Waals surface area contributed by atoms with Crippen LogP contribution in [0.25, 0.3) is 0 Å². The van der Waals surface area contributed by atoms with Crippen molar-refractivity contribution in [1.29, 1.82) is 0 Å². The second-order valence-electron chi connectivity index (χ2n) is 5.39. The quantitative estimate of drug-likeness (QED) is 0.682. The largest absolute Gasteiger partial charge is 0.480 e. The molecule has 0 aliphatic carbocycles. The topological polar surface area (TPSA) is 57.6 Å². The van der Waals surface area contributed by atoms with Crippen molar-refractivity contribution < 1.29 is 27.9 Å². The van der Waals surface area contributed by atoms with Gasteiger partial charge in [0.25, 0.3) is 0 Å². The highest BCUT2D eigenvalue weighted by Gasteiger charge is 2.38. The van der Waals surface area contributed by atoms with Crippen molar-refractivity contribution in [3.63, 3.8) is 0 Å². The van der Waals surface area contributed by atoms with E-state index in [-0.39, 0.29) is 18.4 Å². The summed E-state index contributed by atoms with van der Waals surface area (Å²) in [6.07, 6.45) is 2.31. The molecule has 4 nitrogen and oxygen atoms in total. The van der Waals surface area contributed by atoms with Crippen LogP contribution in [-0.2, 0) is 9.59 Å². The molecule has 1 aliphatic heterocycles. The highest BCUT2D eigenvalue weighted by atomic mass is 19.2. The summed E-state index contributed by atoms with van der Waals surface area (Å²) in [6.45, 7) is 3.44. The van der Waals surface area contributed by atoms with Crippen LogP contribution in [0, 0.1) is 17.5 Å². The number of carbonyl (C=O) groups excluding carboxylic acids is 1. The van der Waals surface area contributed by atoms with E-state index in [1.807, 2.05) is 0 Å². The maximum Gasteiger partial charge on any atom is 0.326 e. The van der Waals surface area contributed by atoms with Crippen molar-refractivity contribution in [2.75, 3.05) is 0 Å². The summed E-state index contributed by atoms with van der Waals surface area (Å²) in [5, 5.41) is 9.32. The number of amides is 1. The third-order valence-electron chi connectivity index (χ3n) is 3.91. The molecule has 2 rings (SSSR count). The third kappa shape index (κ3) is 3.38. The van der Waals surface area contributed by atoms with Crippen LogP contribution in [-0.4, -0.2) is 27.9 Å². The zero-order chi connectivity index (χ0) is 17.1. The standard InChI is InChI=1S/C16H16F3NO3/c1-2-4-14(21)20-12(5-3-6-13(20)16(22)23)9-7-10(17)15(19)11(18)8-9/h2,7-8,12-13H,1,3-6H2,(H,22,23)/t12-,13+/m0/s1. The second kappa shape index (κ2) is 6.85. The van der Waals surface area contributed by atoms with Crippen LogP contribution in [0.3, 0.4) is 0 Å². The highest BCUT2D eigenvalue weighted by Crippen LogP contribution is 2.36. The first kappa shape index (κ1) is 17.1. The molecule has 1 heterocycles. The molecule has 23 heavy (non-hydrogen) atoms. The van der Waals surface area contributed by atoms with Crippen molar-refractivity contribution in [2.45, 2.75) is 37.8 Å². The number of rotatable bonds is 4. The van der Waals surface area contributed by atoms with Gasteiger partial charge in [0, 0.05) is 6.42 Å². The molecule has 0 saturated carbocycles. The SMILES string of the molecule is C=CCC(=O)N1[C@@H](C(=O)O)CCC[C@H]1c1cc(F)c(F)c(F)c1. The monoisotopic (exact) mass is 327 g/mol. The summed E-state index contributed by atoms with van der Waals surface area (Å²) in [5.41, 5.74) is 0.0461. The van der Waals surface area contributed by atoms with Crippen molar-refractivity contribution in [2.24, 2.45) is 0 Å². The predicted octanol–water partition coefficient (Wildman–Crippen LogP) is 3.19. The zero-order valence-electron chi connectivity index (χ0n) is 12.3. The minimum atomic E-state index is -1.59. The van der Waals surface area contributed by atoms with Crippen LogP contribution in [0.15, 0.2) is 24.8 Å². The fraction of sp³-hybridized carbons (Fsp3) is 0.375. The van der Waals surface area contributed by atoms with Crippen LogP contribution < -0.4 is 0 Å². The summed E-state index contributed by atoms with van der Waals surface area (Å²) in [7, 11) is 0. The molecule has 0 spiro atoms. The number of likely N-dealkylation sites (tertiary alicyclic amines) is 1. The molecule has 0 unspecified atom stereocenters. The van der Waals surface area contributed by atoms with E-state index in [0.29, 0.717) is 12.8 Å². The molecule has 2 atom stereocenters. The summed E-state index contributed by atoms with van der Waals surface area (Å²) in [6, 6.07) is -0.289. The van der Waals surface area contributed by atoms with Crippen LogP contribution in [0.1, 0.15) is 37.3 Å². The minimum Gasteiger partial charge on any atom is -0.480 e. The molecule has 1 amide bonds. The number of halogens is 3. The van der Waals surface area contributed by atoms with Gasteiger partial charge in [-0.1, -0.05) is 6.08 Å². The Kier molecular flexibility index (Phi) is 5.08. The number of carboxylic acid groups (broad SMARTS) is 1. The lowest BCUT2D eigenvalue weighted by atomic mass is 9.90. The Bertz CT molecular complexity index is 624. The first-order valence-corrected chi connectivity index (χ1v) is 7.16. The van der Waals surface area contributed by atoms with Gasteiger partial charge in [-0.3, -0.25) is 4.79 Å². The summed E-state index contributed by atoms with van der Waals surface area (Å²) in [5.74, 6) is -6.01.